The van der Waals surface area contributed by atoms with Crippen molar-refractivity contribution in [3.8, 4) is 11.3 Å². The molecule has 0 aliphatic carbocycles. The van der Waals surface area contributed by atoms with Crippen LogP contribution in [-0.4, -0.2) is 37.0 Å². The first-order valence-electron chi connectivity index (χ1n) is 7.63. The zero-order valence-corrected chi connectivity index (χ0v) is 15.3. The molecule has 9 heteroatoms. The highest BCUT2D eigenvalue weighted by molar-refractivity contribution is 7.99. The highest BCUT2D eigenvalue weighted by Gasteiger charge is 2.11. The van der Waals surface area contributed by atoms with Gasteiger partial charge in [-0.3, -0.25) is 10.1 Å². The van der Waals surface area contributed by atoms with Gasteiger partial charge in [0, 0.05) is 11.5 Å². The van der Waals surface area contributed by atoms with Gasteiger partial charge in [0.05, 0.1) is 11.9 Å². The molecule has 0 radical (unpaired) electrons. The van der Waals surface area contributed by atoms with E-state index in [0.717, 1.165) is 10.6 Å². The normalized spacial score (nSPS) is 10.8. The van der Waals surface area contributed by atoms with Gasteiger partial charge in [-0.25, -0.2) is 4.98 Å². The Hall–Kier alpha value is -2.39. The smallest absolute Gasteiger partial charge is 0.236 e. The van der Waals surface area contributed by atoms with Gasteiger partial charge in [-0.2, -0.15) is 0 Å². The van der Waals surface area contributed by atoms with E-state index in [-0.39, 0.29) is 11.7 Å². The van der Waals surface area contributed by atoms with Crippen LogP contribution in [0.2, 0.25) is 0 Å². The summed E-state index contributed by atoms with van der Waals surface area (Å²) in [4.78, 5) is 16.2. The number of benzene rings is 1. The van der Waals surface area contributed by atoms with Gasteiger partial charge < -0.3 is 0 Å². The first-order valence-corrected chi connectivity index (χ1v) is 9.43. The molecule has 1 amide bonds. The molecule has 0 spiro atoms. The fourth-order valence-electron chi connectivity index (χ4n) is 1.88. The summed E-state index contributed by atoms with van der Waals surface area (Å²) in [6.45, 7) is 4.07. The predicted octanol–water partition coefficient (Wildman–Crippen LogP) is 3.24. The first kappa shape index (κ1) is 17.4. The Bertz CT molecular complexity index is 835. The lowest BCUT2D eigenvalue weighted by molar-refractivity contribution is -0.113. The molecule has 3 aromatic rings. The van der Waals surface area contributed by atoms with E-state index in [1.54, 1.807) is 6.20 Å². The van der Waals surface area contributed by atoms with E-state index >= 15 is 0 Å². The van der Waals surface area contributed by atoms with Crippen molar-refractivity contribution in [2.45, 2.75) is 24.9 Å². The maximum Gasteiger partial charge on any atom is 0.236 e. The van der Waals surface area contributed by atoms with Gasteiger partial charge in [0.1, 0.15) is 10.7 Å². The SMILES string of the molecule is CC(C)c1nnc(NC(=O)CSc2ncc(-c3ccccc3)nn2)s1. The predicted molar refractivity (Wildman–Crippen MR) is 98.6 cm³/mol. The van der Waals surface area contributed by atoms with Crippen molar-refractivity contribution in [1.29, 1.82) is 0 Å². The Morgan fingerprint density at radius 1 is 1.16 bits per heavy atom. The maximum absolute atomic E-state index is 12.0. The number of carbonyl (C=O) groups is 1. The molecule has 25 heavy (non-hydrogen) atoms. The average Bonchev–Trinajstić information content (AvgIpc) is 3.10. The highest BCUT2D eigenvalue weighted by Crippen LogP contribution is 2.23. The number of rotatable bonds is 6. The van der Waals surface area contributed by atoms with E-state index < -0.39 is 0 Å². The number of anilines is 1. The average molecular weight is 372 g/mol. The Morgan fingerprint density at radius 3 is 2.60 bits per heavy atom. The van der Waals surface area contributed by atoms with Crippen molar-refractivity contribution in [2.75, 3.05) is 11.1 Å². The van der Waals surface area contributed by atoms with E-state index in [1.165, 1.54) is 23.1 Å². The third-order valence-electron chi connectivity index (χ3n) is 3.12. The summed E-state index contributed by atoms with van der Waals surface area (Å²) < 4.78 is 0. The van der Waals surface area contributed by atoms with Crippen LogP contribution in [0.3, 0.4) is 0 Å². The molecule has 0 atom stereocenters. The second-order valence-corrected chi connectivity index (χ2v) is 7.38. The summed E-state index contributed by atoms with van der Waals surface area (Å²) in [5.74, 6) is 0.301. The fraction of sp³-hybridized carbons (Fsp3) is 0.250. The molecule has 0 unspecified atom stereocenters. The minimum atomic E-state index is -0.174. The molecular weight excluding hydrogens is 356 g/mol. The molecular formula is C16H16N6OS2. The van der Waals surface area contributed by atoms with Crippen LogP contribution >= 0.6 is 23.1 Å². The largest absolute Gasteiger partial charge is 0.300 e. The summed E-state index contributed by atoms with van der Waals surface area (Å²) in [5.41, 5.74) is 1.65. The number of amides is 1. The monoisotopic (exact) mass is 372 g/mol. The van der Waals surface area contributed by atoms with Crippen molar-refractivity contribution in [3.05, 3.63) is 41.5 Å². The number of nitrogens with zero attached hydrogens (tertiary/aromatic N) is 5. The van der Waals surface area contributed by atoms with Gasteiger partial charge in [0.15, 0.2) is 0 Å². The quantitative estimate of drug-likeness (QED) is 0.664. The molecule has 0 fully saturated rings. The molecule has 1 N–H and O–H groups in total. The van der Waals surface area contributed by atoms with Gasteiger partial charge in [0.25, 0.3) is 0 Å². The topological polar surface area (TPSA) is 93.6 Å². The number of nitrogens with one attached hydrogen (secondary N) is 1. The minimum Gasteiger partial charge on any atom is -0.300 e. The Balaban J connectivity index is 1.53. The molecule has 0 saturated heterocycles. The molecule has 0 saturated carbocycles. The van der Waals surface area contributed by atoms with Crippen molar-refractivity contribution < 1.29 is 4.79 Å². The third kappa shape index (κ3) is 4.80. The third-order valence-corrected chi connectivity index (χ3v) is 5.11. The Labute approximate surface area is 153 Å². The van der Waals surface area contributed by atoms with Crippen LogP contribution in [0, 0.1) is 0 Å². The number of aromatic nitrogens is 5. The summed E-state index contributed by atoms with van der Waals surface area (Å²) in [5, 5.41) is 20.8. The van der Waals surface area contributed by atoms with Crippen molar-refractivity contribution in [2.24, 2.45) is 0 Å². The van der Waals surface area contributed by atoms with Crippen LogP contribution in [0.4, 0.5) is 5.13 Å². The second-order valence-electron chi connectivity index (χ2n) is 5.43. The highest BCUT2D eigenvalue weighted by atomic mass is 32.2. The van der Waals surface area contributed by atoms with Crippen LogP contribution in [-0.2, 0) is 4.79 Å². The summed E-state index contributed by atoms with van der Waals surface area (Å²) in [6.07, 6.45) is 1.65. The second kappa shape index (κ2) is 8.13. The van der Waals surface area contributed by atoms with Gasteiger partial charge in [-0.05, 0) is 0 Å². The van der Waals surface area contributed by atoms with E-state index in [2.05, 4.69) is 30.7 Å². The van der Waals surface area contributed by atoms with Crippen LogP contribution in [0.15, 0.2) is 41.7 Å². The van der Waals surface area contributed by atoms with Gasteiger partial charge >= 0.3 is 0 Å². The fourth-order valence-corrected chi connectivity index (χ4v) is 3.20. The summed E-state index contributed by atoms with van der Waals surface area (Å²) in [6, 6.07) is 9.69. The van der Waals surface area contributed by atoms with Gasteiger partial charge in [-0.15, -0.1) is 20.4 Å². The number of thioether (sulfide) groups is 1. The molecule has 2 aromatic heterocycles. The summed E-state index contributed by atoms with van der Waals surface area (Å²) >= 11 is 2.61. The number of hydrogen-bond acceptors (Lipinski definition) is 8. The zero-order valence-electron chi connectivity index (χ0n) is 13.7. The minimum absolute atomic E-state index is 0.174. The lowest BCUT2D eigenvalue weighted by atomic mass is 10.2. The van der Waals surface area contributed by atoms with Crippen LogP contribution in [0.25, 0.3) is 11.3 Å². The molecule has 1 aromatic carbocycles. The van der Waals surface area contributed by atoms with Crippen LogP contribution in [0.5, 0.6) is 0 Å². The van der Waals surface area contributed by atoms with Gasteiger partial charge in [-0.1, -0.05) is 67.3 Å². The Morgan fingerprint density at radius 2 is 1.96 bits per heavy atom. The summed E-state index contributed by atoms with van der Waals surface area (Å²) in [7, 11) is 0. The van der Waals surface area contributed by atoms with E-state index in [9.17, 15) is 4.79 Å². The standard InChI is InChI=1S/C16H16N6OS2/c1-10(2)14-20-22-16(25-14)18-13(23)9-24-15-17-8-12(19-21-15)11-6-4-3-5-7-11/h3-8,10H,9H2,1-2H3,(H,18,22,23). The molecule has 0 aliphatic rings. The molecule has 7 nitrogen and oxygen atoms in total. The number of hydrogen-bond donors (Lipinski definition) is 1. The molecule has 128 valence electrons. The molecule has 2 heterocycles. The van der Waals surface area contributed by atoms with Crippen molar-refractivity contribution in [3.63, 3.8) is 0 Å². The van der Waals surface area contributed by atoms with E-state index in [0.29, 0.717) is 21.9 Å². The van der Waals surface area contributed by atoms with E-state index in [1.807, 2.05) is 44.2 Å². The van der Waals surface area contributed by atoms with Crippen molar-refractivity contribution in [1.82, 2.24) is 25.4 Å². The van der Waals surface area contributed by atoms with Crippen LogP contribution in [0.1, 0.15) is 24.8 Å². The van der Waals surface area contributed by atoms with Crippen LogP contribution < -0.4 is 5.32 Å². The first-order chi connectivity index (χ1) is 12.1. The van der Waals surface area contributed by atoms with Gasteiger partial charge in [0.2, 0.25) is 16.2 Å². The van der Waals surface area contributed by atoms with E-state index in [4.69, 9.17) is 0 Å². The zero-order chi connectivity index (χ0) is 17.6. The maximum atomic E-state index is 12.0. The number of carbonyl (C=O) groups excluding carboxylic acids is 1. The lowest BCUT2D eigenvalue weighted by Crippen LogP contribution is -2.14. The molecule has 3 rings (SSSR count). The molecule has 0 bridgehead atoms. The van der Waals surface area contributed by atoms with Crippen molar-refractivity contribution >= 4 is 34.1 Å². The Kier molecular flexibility index (Phi) is 5.67. The lowest BCUT2D eigenvalue weighted by Gasteiger charge is -2.02. The molecule has 0 aliphatic heterocycles.